The molecular formula is C34H72Cl2Si7. The first-order chi connectivity index (χ1) is 18.7. The molecule has 0 aromatic heterocycles. The fourth-order valence-electron chi connectivity index (χ4n) is 9.80. The lowest BCUT2D eigenvalue weighted by molar-refractivity contribution is 0.461. The molecule has 0 aliphatic carbocycles. The number of rotatable bonds is 13. The molecule has 0 aliphatic rings. The van der Waals surface area contributed by atoms with E-state index in [1.807, 2.05) is 0 Å². The molecule has 0 N–H and O–H groups in total. The van der Waals surface area contributed by atoms with Gasteiger partial charge < -0.3 is 0 Å². The van der Waals surface area contributed by atoms with Crippen LogP contribution in [0.15, 0.2) is 12.1 Å². The van der Waals surface area contributed by atoms with Gasteiger partial charge in [-0.2, -0.15) is 0 Å². The van der Waals surface area contributed by atoms with Gasteiger partial charge in [-0.15, -0.1) is 22.2 Å². The Balaban J connectivity index is 4.58. The minimum atomic E-state index is -2.90. The Bertz CT molecular complexity index is 987. The zero-order chi connectivity index (χ0) is 34.5. The first-order valence-corrected chi connectivity index (χ1v) is 40.7. The number of benzene rings is 1. The first kappa shape index (κ1) is 42.3. The molecule has 0 atom stereocenters. The molecule has 1 aromatic carbocycles. The van der Waals surface area contributed by atoms with Gasteiger partial charge in [0.2, 0.25) is 0 Å². The number of halogens is 2. The van der Waals surface area contributed by atoms with Crippen LogP contribution in [0.25, 0.3) is 0 Å². The van der Waals surface area contributed by atoms with E-state index in [0.717, 1.165) is 18.1 Å². The second kappa shape index (κ2) is 14.0. The highest BCUT2D eigenvalue weighted by Crippen LogP contribution is 2.56. The molecule has 0 spiro atoms. The molecule has 9 heteroatoms. The van der Waals surface area contributed by atoms with Crippen molar-refractivity contribution in [1.82, 2.24) is 0 Å². The van der Waals surface area contributed by atoms with Crippen LogP contribution in [0.5, 0.6) is 0 Å². The van der Waals surface area contributed by atoms with Crippen molar-refractivity contribution in [3.8, 4) is 0 Å². The Morgan fingerprint density at radius 1 is 0.581 bits per heavy atom. The summed E-state index contributed by atoms with van der Waals surface area (Å²) in [5.74, 6) is 1.32. The van der Waals surface area contributed by atoms with E-state index in [1.54, 1.807) is 0 Å². The fraction of sp³-hybridized carbons (Fsp3) is 0.824. The highest BCUT2D eigenvalue weighted by Gasteiger charge is 2.65. The summed E-state index contributed by atoms with van der Waals surface area (Å²) in [6, 6.07) is 6.39. The molecule has 0 amide bonds. The predicted octanol–water partition coefficient (Wildman–Crippen LogP) is 12.6. The highest BCUT2D eigenvalue weighted by molar-refractivity contribution is 7.83. The third kappa shape index (κ3) is 10.7. The van der Waals surface area contributed by atoms with Gasteiger partial charge in [-0.1, -0.05) is 169 Å². The molecule has 43 heavy (non-hydrogen) atoms. The Hall–Kier alpha value is 1.32. The van der Waals surface area contributed by atoms with Crippen LogP contribution in [0.2, 0.25) is 94.2 Å². The molecule has 0 unspecified atom stereocenters. The highest BCUT2D eigenvalue weighted by atomic mass is 35.7. The van der Waals surface area contributed by atoms with Crippen molar-refractivity contribution in [3.63, 3.8) is 0 Å². The maximum absolute atomic E-state index is 8.31. The maximum Gasteiger partial charge on any atom is 0.259 e. The van der Waals surface area contributed by atoms with Crippen LogP contribution < -0.4 is 5.19 Å². The van der Waals surface area contributed by atoms with Gasteiger partial charge in [-0.25, -0.2) is 0 Å². The summed E-state index contributed by atoms with van der Waals surface area (Å²) in [7, 11) is -7.76. The molecule has 0 saturated carbocycles. The topological polar surface area (TPSA) is 0 Å². The minimum absolute atomic E-state index is 0.260. The fourth-order valence-corrected chi connectivity index (χ4v) is 115. The van der Waals surface area contributed by atoms with Gasteiger partial charge in [-0.05, 0) is 45.0 Å². The summed E-state index contributed by atoms with van der Waals surface area (Å²) in [4.78, 5) is 1.77. The Morgan fingerprint density at radius 3 is 1.09 bits per heavy atom. The summed E-state index contributed by atoms with van der Waals surface area (Å²) in [5, 5.41) is 1.42. The van der Waals surface area contributed by atoms with Crippen LogP contribution in [0.4, 0.5) is 0 Å². The Kier molecular flexibility index (Phi) is 13.8. The summed E-state index contributed by atoms with van der Waals surface area (Å²) in [6.45, 7) is 54.4. The summed E-state index contributed by atoms with van der Waals surface area (Å²) in [6.07, 6.45) is -2.90. The van der Waals surface area contributed by atoms with Gasteiger partial charge in [0.15, 0.2) is 0 Å². The van der Waals surface area contributed by atoms with Gasteiger partial charge in [0, 0.05) is 39.9 Å². The predicted molar refractivity (Wildman–Crippen MR) is 222 cm³/mol. The Morgan fingerprint density at radius 2 is 0.884 bits per heavy atom. The second-order valence-electron chi connectivity index (χ2n) is 20.3. The lowest BCUT2D eigenvalue weighted by Gasteiger charge is -2.62. The normalized spacial score (nSPS) is 15.2. The van der Waals surface area contributed by atoms with Crippen molar-refractivity contribution in [3.05, 3.63) is 28.8 Å². The molecule has 2 radical (unpaired) electrons. The van der Waals surface area contributed by atoms with Gasteiger partial charge in [0.05, 0.1) is 8.55 Å². The molecule has 1 rings (SSSR count). The van der Waals surface area contributed by atoms with Gasteiger partial charge in [-0.3, -0.25) is 0 Å². The molecule has 0 saturated heterocycles. The van der Waals surface area contributed by atoms with Crippen molar-refractivity contribution in [1.29, 1.82) is 0 Å². The van der Waals surface area contributed by atoms with E-state index in [4.69, 9.17) is 22.2 Å². The molecule has 250 valence electrons. The van der Waals surface area contributed by atoms with Crippen LogP contribution in [0.3, 0.4) is 0 Å². The largest absolute Gasteiger partial charge is 0.259 e. The van der Waals surface area contributed by atoms with Crippen LogP contribution in [0, 0.1) is 5.41 Å². The van der Waals surface area contributed by atoms with Crippen molar-refractivity contribution >= 4 is 82.0 Å². The smallest absolute Gasteiger partial charge is 0.145 e. The maximum atomic E-state index is 8.31. The molecule has 0 aliphatic heterocycles. The third-order valence-electron chi connectivity index (χ3n) is 9.15. The molecular weight excluding hydrogens is 676 g/mol. The van der Waals surface area contributed by atoms with E-state index >= 15 is 0 Å². The van der Waals surface area contributed by atoms with Crippen molar-refractivity contribution in [2.75, 3.05) is 0 Å². The van der Waals surface area contributed by atoms with E-state index < -0.39 is 46.1 Å². The SMILES string of the molecule is CC(C)c1cc(C(C)C)c([Si](Cl)(Cl)[Si][Si](CC(C)(C)C)(C([Si](C)(C)C)[Si](C)(C)C)C([Si](C)(C)C)[Si](C)(C)C)c(C(C)C)c1. The van der Waals surface area contributed by atoms with Gasteiger partial charge in [0.25, 0.3) is 6.21 Å². The third-order valence-corrected chi connectivity index (χ3v) is 70.8. The molecule has 0 heterocycles. The lowest BCUT2D eigenvalue weighted by Crippen LogP contribution is -2.76. The molecule has 0 bridgehead atoms. The summed E-state index contributed by atoms with van der Waals surface area (Å²) < 4.78 is 0. The van der Waals surface area contributed by atoms with E-state index in [2.05, 4.69) is 153 Å². The zero-order valence-electron chi connectivity index (χ0n) is 32.5. The minimum Gasteiger partial charge on any atom is -0.145 e. The van der Waals surface area contributed by atoms with E-state index in [-0.39, 0.29) is 5.41 Å². The number of hydrogen-bond donors (Lipinski definition) is 0. The molecule has 0 fully saturated rings. The first-order valence-electron chi connectivity index (χ1n) is 17.1. The second-order valence-corrected chi connectivity index (χ2v) is 64.5. The quantitative estimate of drug-likeness (QED) is 0.139. The lowest BCUT2D eigenvalue weighted by atomic mass is 9.89. The van der Waals surface area contributed by atoms with Crippen LogP contribution in [-0.2, 0) is 0 Å². The standard InChI is InChI=1S/C34H72Cl2Si7/c1-25(2)28-22-29(26(3)4)31(30(23-28)27(5)6)43(35,36)37-42(24-34(7,8)9,32(38(10,11)12)39(13,14)15)33(40(16,17)18)41(19,20)21/h22-23,25-27,32-33H,24H2,1-21H3. The monoisotopic (exact) mass is 746 g/mol. The average Bonchev–Trinajstić information content (AvgIpc) is 2.65. The van der Waals surface area contributed by atoms with E-state index in [9.17, 15) is 0 Å². The van der Waals surface area contributed by atoms with Crippen molar-refractivity contribution in [2.45, 2.75) is 174 Å². The van der Waals surface area contributed by atoms with Crippen LogP contribution in [0.1, 0.15) is 96.8 Å². The molecule has 0 nitrogen and oxygen atoms in total. The summed E-state index contributed by atoms with van der Waals surface area (Å²) >= 11 is 16.6. The average molecular weight is 748 g/mol. The van der Waals surface area contributed by atoms with Crippen molar-refractivity contribution < 1.29 is 0 Å². The Labute approximate surface area is 288 Å². The van der Waals surface area contributed by atoms with Crippen LogP contribution in [-0.4, -0.2) is 54.7 Å². The van der Waals surface area contributed by atoms with Gasteiger partial charge >= 0.3 is 0 Å². The van der Waals surface area contributed by atoms with Crippen LogP contribution >= 0.6 is 22.2 Å². The number of hydrogen-bond acceptors (Lipinski definition) is 0. The van der Waals surface area contributed by atoms with Crippen molar-refractivity contribution in [2.24, 2.45) is 5.41 Å². The zero-order valence-corrected chi connectivity index (χ0v) is 41.0. The van der Waals surface area contributed by atoms with E-state index in [1.165, 1.54) is 27.9 Å². The molecule has 1 aromatic rings. The van der Waals surface area contributed by atoms with E-state index in [0.29, 0.717) is 17.8 Å². The summed E-state index contributed by atoms with van der Waals surface area (Å²) in [5.41, 5.74) is 4.61. The van der Waals surface area contributed by atoms with Gasteiger partial charge in [0.1, 0.15) is 0 Å².